The minimum atomic E-state index is -0.526. The van der Waals surface area contributed by atoms with E-state index in [9.17, 15) is 4.79 Å². The Morgan fingerprint density at radius 3 is 2.74 bits per heavy atom. The molecule has 0 saturated carbocycles. The maximum absolute atomic E-state index is 12.7. The Hall–Kier alpha value is -1.39. The molecule has 2 fully saturated rings. The second-order valence-electron chi connectivity index (χ2n) is 5.51. The Balaban J connectivity index is 1.80. The molecule has 1 amide bonds. The molecule has 2 saturated heterocycles. The summed E-state index contributed by atoms with van der Waals surface area (Å²) in [5, 5.41) is 3.41. The van der Waals surface area contributed by atoms with Gasteiger partial charge in [-0.15, -0.1) is 0 Å². The molecular formula is C15H21N3O. The largest absolute Gasteiger partial charge is 0.334 e. The van der Waals surface area contributed by atoms with Crippen LogP contribution in [0.25, 0.3) is 0 Å². The maximum Gasteiger partial charge on any atom is 0.244 e. The van der Waals surface area contributed by atoms with E-state index in [0.717, 1.165) is 37.9 Å². The zero-order chi connectivity index (χ0) is 13.2. The molecule has 2 aliphatic heterocycles. The molecule has 2 aliphatic rings. The lowest BCUT2D eigenvalue weighted by Gasteiger charge is -2.30. The molecule has 0 aliphatic carbocycles. The Labute approximate surface area is 114 Å². The van der Waals surface area contributed by atoms with E-state index < -0.39 is 6.04 Å². The second-order valence-corrected chi connectivity index (χ2v) is 5.51. The molecule has 2 heterocycles. The molecule has 4 nitrogen and oxygen atoms in total. The Bertz CT molecular complexity index is 434. The number of amides is 1. The number of carbonyl (C=O) groups is 1. The van der Waals surface area contributed by atoms with Crippen molar-refractivity contribution in [1.82, 2.24) is 10.2 Å². The molecule has 3 unspecified atom stereocenters. The molecule has 3 N–H and O–H groups in total. The van der Waals surface area contributed by atoms with Crippen molar-refractivity contribution < 1.29 is 4.79 Å². The van der Waals surface area contributed by atoms with Crippen LogP contribution in [0.2, 0.25) is 0 Å². The molecule has 102 valence electrons. The molecule has 19 heavy (non-hydrogen) atoms. The zero-order valence-corrected chi connectivity index (χ0v) is 11.1. The third-order valence-corrected chi connectivity index (χ3v) is 4.33. The lowest BCUT2D eigenvalue weighted by Crippen LogP contribution is -2.46. The van der Waals surface area contributed by atoms with Crippen molar-refractivity contribution in [3.8, 4) is 0 Å². The molecule has 1 aromatic carbocycles. The average Bonchev–Trinajstić information content (AvgIpc) is 2.71. The first-order valence-corrected chi connectivity index (χ1v) is 7.11. The smallest absolute Gasteiger partial charge is 0.244 e. The fourth-order valence-electron chi connectivity index (χ4n) is 3.31. The van der Waals surface area contributed by atoms with Crippen molar-refractivity contribution in [3.63, 3.8) is 0 Å². The summed E-state index contributed by atoms with van der Waals surface area (Å²) in [6, 6.07) is 9.85. The minimum absolute atomic E-state index is 0.0856. The lowest BCUT2D eigenvalue weighted by molar-refractivity contribution is -0.135. The molecular weight excluding hydrogens is 238 g/mol. The lowest BCUT2D eigenvalue weighted by atomic mass is 10.1. The van der Waals surface area contributed by atoms with Crippen LogP contribution in [-0.4, -0.2) is 36.0 Å². The standard InChI is InChI=1S/C15H21N3O/c16-14(11-4-2-1-3-5-11)15(19)18-12-6-7-13(18)10-17-9-8-12/h1-5,12-14,17H,6-10,16H2. The van der Waals surface area contributed by atoms with Gasteiger partial charge >= 0.3 is 0 Å². The van der Waals surface area contributed by atoms with Crippen molar-refractivity contribution in [2.75, 3.05) is 13.1 Å². The SMILES string of the molecule is NC(C(=O)N1C2CCNCC1CC2)c1ccccc1. The molecule has 3 rings (SSSR count). The van der Waals surface area contributed by atoms with E-state index in [-0.39, 0.29) is 5.91 Å². The van der Waals surface area contributed by atoms with Gasteiger partial charge in [0.05, 0.1) is 0 Å². The van der Waals surface area contributed by atoms with Crippen LogP contribution in [0.3, 0.4) is 0 Å². The van der Waals surface area contributed by atoms with Crippen LogP contribution in [-0.2, 0) is 4.79 Å². The summed E-state index contributed by atoms with van der Waals surface area (Å²) < 4.78 is 0. The third kappa shape index (κ3) is 2.38. The van der Waals surface area contributed by atoms with Crippen LogP contribution in [0.15, 0.2) is 30.3 Å². The number of nitrogens with one attached hydrogen (secondary N) is 1. The molecule has 0 radical (unpaired) electrons. The highest BCUT2D eigenvalue weighted by atomic mass is 16.2. The quantitative estimate of drug-likeness (QED) is 0.834. The van der Waals surface area contributed by atoms with Crippen LogP contribution >= 0.6 is 0 Å². The third-order valence-electron chi connectivity index (χ3n) is 4.33. The summed E-state index contributed by atoms with van der Waals surface area (Å²) in [5.41, 5.74) is 7.07. The van der Waals surface area contributed by atoms with Crippen molar-refractivity contribution in [2.45, 2.75) is 37.4 Å². The molecule has 2 bridgehead atoms. The van der Waals surface area contributed by atoms with Crippen LogP contribution in [0.5, 0.6) is 0 Å². The highest BCUT2D eigenvalue weighted by molar-refractivity contribution is 5.84. The van der Waals surface area contributed by atoms with E-state index in [2.05, 4.69) is 10.2 Å². The number of fused-ring (bicyclic) bond motifs is 2. The summed E-state index contributed by atoms with van der Waals surface area (Å²) in [5.74, 6) is 0.0856. The van der Waals surface area contributed by atoms with Gasteiger partial charge in [0.1, 0.15) is 6.04 Å². The first-order valence-electron chi connectivity index (χ1n) is 7.11. The summed E-state index contributed by atoms with van der Waals surface area (Å²) in [4.78, 5) is 14.7. The van der Waals surface area contributed by atoms with E-state index in [4.69, 9.17) is 5.73 Å². The molecule has 1 aromatic rings. The first kappa shape index (κ1) is 12.6. The fraction of sp³-hybridized carbons (Fsp3) is 0.533. The molecule has 3 atom stereocenters. The average molecular weight is 259 g/mol. The van der Waals surface area contributed by atoms with Gasteiger partial charge in [-0.3, -0.25) is 4.79 Å². The van der Waals surface area contributed by atoms with E-state index in [1.54, 1.807) is 0 Å². The molecule has 4 heteroatoms. The molecule has 0 aromatic heterocycles. The number of hydrogen-bond donors (Lipinski definition) is 2. The van der Waals surface area contributed by atoms with E-state index in [1.165, 1.54) is 0 Å². The van der Waals surface area contributed by atoms with Crippen LogP contribution in [0.1, 0.15) is 30.9 Å². The number of carbonyl (C=O) groups excluding carboxylic acids is 1. The topological polar surface area (TPSA) is 58.4 Å². The summed E-state index contributed by atoms with van der Waals surface area (Å²) in [6.45, 7) is 1.91. The molecule has 0 spiro atoms. The van der Waals surface area contributed by atoms with Gasteiger partial charge in [-0.05, 0) is 31.4 Å². The van der Waals surface area contributed by atoms with Gasteiger partial charge in [0, 0.05) is 18.6 Å². The van der Waals surface area contributed by atoms with Gasteiger partial charge in [0.15, 0.2) is 0 Å². The Kier molecular flexibility index (Phi) is 3.53. The van der Waals surface area contributed by atoms with E-state index in [0.29, 0.717) is 12.1 Å². The number of nitrogens with zero attached hydrogens (tertiary/aromatic N) is 1. The van der Waals surface area contributed by atoms with Gasteiger partial charge in [0.25, 0.3) is 0 Å². The number of hydrogen-bond acceptors (Lipinski definition) is 3. The van der Waals surface area contributed by atoms with Gasteiger partial charge in [-0.1, -0.05) is 30.3 Å². The van der Waals surface area contributed by atoms with E-state index in [1.807, 2.05) is 30.3 Å². The zero-order valence-electron chi connectivity index (χ0n) is 11.1. The van der Waals surface area contributed by atoms with Gasteiger partial charge in [-0.2, -0.15) is 0 Å². The van der Waals surface area contributed by atoms with Crippen LogP contribution in [0.4, 0.5) is 0 Å². The van der Waals surface area contributed by atoms with Crippen LogP contribution in [0, 0.1) is 0 Å². The van der Waals surface area contributed by atoms with E-state index >= 15 is 0 Å². The van der Waals surface area contributed by atoms with Crippen molar-refractivity contribution in [1.29, 1.82) is 0 Å². The maximum atomic E-state index is 12.7. The number of benzene rings is 1. The Morgan fingerprint density at radius 1 is 1.21 bits per heavy atom. The monoisotopic (exact) mass is 259 g/mol. The first-order chi connectivity index (χ1) is 9.27. The van der Waals surface area contributed by atoms with Gasteiger partial charge in [-0.25, -0.2) is 0 Å². The summed E-state index contributed by atoms with van der Waals surface area (Å²) in [6.07, 6.45) is 3.27. The predicted octanol–water partition coefficient (Wildman–Crippen LogP) is 1.04. The highest BCUT2D eigenvalue weighted by Crippen LogP contribution is 2.30. The van der Waals surface area contributed by atoms with Crippen molar-refractivity contribution in [3.05, 3.63) is 35.9 Å². The van der Waals surface area contributed by atoms with Gasteiger partial charge < -0.3 is 16.0 Å². The van der Waals surface area contributed by atoms with Crippen molar-refractivity contribution in [2.24, 2.45) is 5.73 Å². The predicted molar refractivity (Wildman–Crippen MR) is 74.5 cm³/mol. The second kappa shape index (κ2) is 5.31. The number of nitrogens with two attached hydrogens (primary N) is 1. The highest BCUT2D eigenvalue weighted by Gasteiger charge is 2.39. The van der Waals surface area contributed by atoms with Gasteiger partial charge in [0.2, 0.25) is 5.91 Å². The Morgan fingerprint density at radius 2 is 1.95 bits per heavy atom. The summed E-state index contributed by atoms with van der Waals surface area (Å²) in [7, 11) is 0. The summed E-state index contributed by atoms with van der Waals surface area (Å²) >= 11 is 0. The van der Waals surface area contributed by atoms with Crippen molar-refractivity contribution >= 4 is 5.91 Å². The van der Waals surface area contributed by atoms with Crippen LogP contribution < -0.4 is 11.1 Å². The number of rotatable bonds is 2. The fourth-order valence-corrected chi connectivity index (χ4v) is 3.31. The minimum Gasteiger partial charge on any atom is -0.334 e. The normalized spacial score (nSPS) is 27.9.